The van der Waals surface area contributed by atoms with Crippen molar-refractivity contribution < 1.29 is 14.7 Å². The maximum atomic E-state index is 12.3. The van der Waals surface area contributed by atoms with Gasteiger partial charge < -0.3 is 10.4 Å². The molecule has 0 bridgehead atoms. The van der Waals surface area contributed by atoms with Gasteiger partial charge in [0.1, 0.15) is 5.69 Å². The molecule has 1 aromatic heterocycles. The Labute approximate surface area is 134 Å². The largest absolute Gasteiger partial charge is 0.481 e. The summed E-state index contributed by atoms with van der Waals surface area (Å²) >= 11 is 0. The van der Waals surface area contributed by atoms with Crippen LogP contribution in [0.1, 0.15) is 29.8 Å². The van der Waals surface area contributed by atoms with Crippen molar-refractivity contribution in [1.82, 2.24) is 10.3 Å². The van der Waals surface area contributed by atoms with E-state index in [9.17, 15) is 9.59 Å². The summed E-state index contributed by atoms with van der Waals surface area (Å²) in [6, 6.07) is 13.3. The molecule has 0 saturated heterocycles. The van der Waals surface area contributed by atoms with Crippen molar-refractivity contribution >= 4 is 11.9 Å². The lowest BCUT2D eigenvalue weighted by atomic mass is 10.1. The van der Waals surface area contributed by atoms with Crippen molar-refractivity contribution in [3.8, 4) is 11.1 Å². The molecule has 3 rings (SSSR count). The number of benzene rings is 1. The van der Waals surface area contributed by atoms with Crippen LogP contribution in [0.2, 0.25) is 0 Å². The minimum Gasteiger partial charge on any atom is -0.481 e. The third kappa shape index (κ3) is 3.56. The number of amides is 1. The van der Waals surface area contributed by atoms with E-state index < -0.39 is 5.97 Å². The second-order valence-corrected chi connectivity index (χ2v) is 5.81. The Morgan fingerprint density at radius 2 is 1.87 bits per heavy atom. The maximum absolute atomic E-state index is 12.3. The van der Waals surface area contributed by atoms with Gasteiger partial charge in [-0.05, 0) is 42.5 Å². The van der Waals surface area contributed by atoms with Crippen LogP contribution >= 0.6 is 0 Å². The molecule has 1 aromatic carbocycles. The molecule has 1 amide bonds. The molecule has 0 unspecified atom stereocenters. The zero-order valence-electron chi connectivity index (χ0n) is 12.6. The number of carboxylic acid groups (broad SMARTS) is 1. The molecule has 2 aromatic rings. The number of pyridine rings is 1. The van der Waals surface area contributed by atoms with E-state index in [1.807, 2.05) is 36.4 Å². The van der Waals surface area contributed by atoms with Gasteiger partial charge in [-0.2, -0.15) is 0 Å². The molecule has 0 aliphatic heterocycles. The first kappa shape index (κ1) is 15.2. The number of rotatable bonds is 4. The number of nitrogens with one attached hydrogen (secondary N) is 1. The minimum absolute atomic E-state index is 0.0919. The number of carbonyl (C=O) groups excluding carboxylic acids is 1. The molecular weight excluding hydrogens is 292 g/mol. The number of hydrogen-bond donors (Lipinski definition) is 2. The van der Waals surface area contributed by atoms with Crippen molar-refractivity contribution in [3.05, 3.63) is 54.4 Å². The molecule has 1 aliphatic carbocycles. The molecular formula is C18H18N2O3. The fourth-order valence-electron chi connectivity index (χ4n) is 2.96. The number of aliphatic carboxylic acids is 1. The van der Waals surface area contributed by atoms with Gasteiger partial charge >= 0.3 is 5.97 Å². The fraction of sp³-hybridized carbons (Fsp3) is 0.278. The van der Waals surface area contributed by atoms with Crippen LogP contribution in [-0.2, 0) is 4.79 Å². The number of nitrogens with zero attached hydrogens (tertiary/aromatic N) is 1. The molecule has 5 nitrogen and oxygen atoms in total. The number of hydrogen-bond acceptors (Lipinski definition) is 3. The van der Waals surface area contributed by atoms with Gasteiger partial charge in [0.05, 0.1) is 5.92 Å². The van der Waals surface area contributed by atoms with Gasteiger partial charge in [-0.25, -0.2) is 0 Å². The van der Waals surface area contributed by atoms with Crippen molar-refractivity contribution in [2.75, 3.05) is 0 Å². The summed E-state index contributed by atoms with van der Waals surface area (Å²) < 4.78 is 0. The highest BCUT2D eigenvalue weighted by Gasteiger charge is 2.30. The third-order valence-electron chi connectivity index (χ3n) is 4.22. The predicted octanol–water partition coefficient (Wildman–Crippen LogP) is 2.73. The summed E-state index contributed by atoms with van der Waals surface area (Å²) in [5.41, 5.74) is 2.31. The molecule has 0 spiro atoms. The van der Waals surface area contributed by atoms with Crippen LogP contribution in [0, 0.1) is 5.92 Å². The van der Waals surface area contributed by atoms with E-state index in [4.69, 9.17) is 5.11 Å². The molecule has 2 atom stereocenters. The predicted molar refractivity (Wildman–Crippen MR) is 85.9 cm³/mol. The summed E-state index contributed by atoms with van der Waals surface area (Å²) in [5, 5.41) is 11.9. The highest BCUT2D eigenvalue weighted by molar-refractivity contribution is 5.93. The molecule has 5 heteroatoms. The standard InChI is InChI=1S/C18H18N2O3/c21-17(20-15-7-6-14(10-15)18(22)23)16-11-13(8-9-19-16)12-4-2-1-3-5-12/h1-5,8-9,11,14-15H,6-7,10H2,(H,20,21)(H,22,23)/t14-,15+/m0/s1. The van der Waals surface area contributed by atoms with E-state index in [0.717, 1.165) is 11.1 Å². The Bertz CT molecular complexity index is 715. The Morgan fingerprint density at radius 1 is 1.09 bits per heavy atom. The van der Waals surface area contributed by atoms with Gasteiger partial charge in [0.15, 0.2) is 0 Å². The van der Waals surface area contributed by atoms with Gasteiger partial charge in [-0.1, -0.05) is 30.3 Å². The Kier molecular flexibility index (Phi) is 4.37. The lowest BCUT2D eigenvalue weighted by Crippen LogP contribution is -2.33. The second kappa shape index (κ2) is 6.60. The Balaban J connectivity index is 1.70. The smallest absolute Gasteiger partial charge is 0.306 e. The van der Waals surface area contributed by atoms with E-state index in [1.54, 1.807) is 12.3 Å². The molecule has 2 N–H and O–H groups in total. The van der Waals surface area contributed by atoms with Gasteiger partial charge in [0.25, 0.3) is 5.91 Å². The van der Waals surface area contributed by atoms with Crippen LogP contribution < -0.4 is 5.32 Å². The van der Waals surface area contributed by atoms with Crippen LogP contribution in [0.5, 0.6) is 0 Å². The first-order chi connectivity index (χ1) is 11.1. The van der Waals surface area contributed by atoms with E-state index in [-0.39, 0.29) is 17.9 Å². The first-order valence-corrected chi connectivity index (χ1v) is 7.68. The number of aromatic nitrogens is 1. The highest BCUT2D eigenvalue weighted by atomic mass is 16.4. The third-order valence-corrected chi connectivity index (χ3v) is 4.22. The quantitative estimate of drug-likeness (QED) is 0.910. The van der Waals surface area contributed by atoms with Crippen molar-refractivity contribution in [2.24, 2.45) is 5.92 Å². The SMILES string of the molecule is O=C(N[C@@H]1CC[C@H](C(=O)O)C1)c1cc(-c2ccccc2)ccn1. The van der Waals surface area contributed by atoms with Crippen LogP contribution in [0.25, 0.3) is 11.1 Å². The first-order valence-electron chi connectivity index (χ1n) is 7.68. The summed E-state index contributed by atoms with van der Waals surface area (Å²) in [6.07, 6.45) is 3.41. The summed E-state index contributed by atoms with van der Waals surface area (Å²) in [6.45, 7) is 0. The van der Waals surface area contributed by atoms with Crippen molar-refractivity contribution in [2.45, 2.75) is 25.3 Å². The lowest BCUT2D eigenvalue weighted by Gasteiger charge is -2.12. The average Bonchev–Trinajstić information content (AvgIpc) is 3.04. The van der Waals surface area contributed by atoms with Gasteiger partial charge in [0.2, 0.25) is 0 Å². The molecule has 1 heterocycles. The second-order valence-electron chi connectivity index (χ2n) is 5.81. The van der Waals surface area contributed by atoms with Gasteiger partial charge in [0, 0.05) is 12.2 Å². The fourth-order valence-corrected chi connectivity index (χ4v) is 2.96. The van der Waals surface area contributed by atoms with Crippen LogP contribution in [-0.4, -0.2) is 28.0 Å². The normalized spacial score (nSPS) is 20.2. The van der Waals surface area contributed by atoms with Crippen LogP contribution in [0.4, 0.5) is 0 Å². The van der Waals surface area contributed by atoms with Crippen LogP contribution in [0.3, 0.4) is 0 Å². The molecule has 23 heavy (non-hydrogen) atoms. The summed E-state index contributed by atoms with van der Waals surface area (Å²) in [5.74, 6) is -1.39. The van der Waals surface area contributed by atoms with E-state index in [0.29, 0.717) is 25.0 Å². The zero-order chi connectivity index (χ0) is 16.2. The van der Waals surface area contributed by atoms with E-state index in [2.05, 4.69) is 10.3 Å². The van der Waals surface area contributed by atoms with Gasteiger partial charge in [-0.3, -0.25) is 14.6 Å². The zero-order valence-corrected chi connectivity index (χ0v) is 12.6. The summed E-state index contributed by atoms with van der Waals surface area (Å²) in [7, 11) is 0. The summed E-state index contributed by atoms with van der Waals surface area (Å²) in [4.78, 5) is 27.5. The molecule has 1 aliphatic rings. The van der Waals surface area contributed by atoms with E-state index in [1.165, 1.54) is 0 Å². The molecule has 1 fully saturated rings. The van der Waals surface area contributed by atoms with E-state index >= 15 is 0 Å². The molecule has 118 valence electrons. The minimum atomic E-state index is -0.786. The number of carboxylic acids is 1. The molecule has 1 saturated carbocycles. The van der Waals surface area contributed by atoms with Gasteiger partial charge in [-0.15, -0.1) is 0 Å². The Morgan fingerprint density at radius 3 is 2.57 bits per heavy atom. The van der Waals surface area contributed by atoms with Crippen molar-refractivity contribution in [1.29, 1.82) is 0 Å². The monoisotopic (exact) mass is 310 g/mol. The topological polar surface area (TPSA) is 79.3 Å². The van der Waals surface area contributed by atoms with Crippen LogP contribution in [0.15, 0.2) is 48.7 Å². The molecule has 0 radical (unpaired) electrons. The highest BCUT2D eigenvalue weighted by Crippen LogP contribution is 2.26. The number of carbonyl (C=O) groups is 2. The Hall–Kier alpha value is -2.69. The van der Waals surface area contributed by atoms with Crippen molar-refractivity contribution in [3.63, 3.8) is 0 Å². The average molecular weight is 310 g/mol. The maximum Gasteiger partial charge on any atom is 0.306 e. The lowest BCUT2D eigenvalue weighted by molar-refractivity contribution is -0.141.